The summed E-state index contributed by atoms with van der Waals surface area (Å²) in [5.41, 5.74) is 0. The maximum Gasteiger partial charge on any atom is 0.332 e. The topological polar surface area (TPSA) is 18.5 Å². The van der Waals surface area contributed by atoms with E-state index in [9.17, 15) is 0 Å². The highest BCUT2D eigenvalue weighted by molar-refractivity contribution is 6.64. The van der Waals surface area contributed by atoms with Gasteiger partial charge in [-0.3, -0.25) is 0 Å². The minimum absolute atomic E-state index is 0.0345. The van der Waals surface area contributed by atoms with E-state index in [4.69, 9.17) is 8.85 Å². The molecule has 0 heterocycles. The van der Waals surface area contributed by atoms with Crippen molar-refractivity contribution in [1.29, 1.82) is 0 Å². The molecule has 0 fully saturated rings. The van der Waals surface area contributed by atoms with Crippen molar-refractivity contribution in [3.63, 3.8) is 0 Å². The third-order valence-electron chi connectivity index (χ3n) is 3.00. The first-order valence-electron chi connectivity index (χ1n) is 8.21. The fraction of sp³-hybridized carbons (Fsp3) is 0.882. The number of hydrogen-bond donors (Lipinski definition) is 0. The van der Waals surface area contributed by atoms with Crippen LogP contribution in [0, 0.1) is 17.8 Å². The van der Waals surface area contributed by atoms with Gasteiger partial charge in [0.25, 0.3) is 0 Å². The maximum atomic E-state index is 6.20. The van der Waals surface area contributed by atoms with Crippen molar-refractivity contribution >= 4 is 8.56 Å². The molecule has 0 aromatic heterocycles. The van der Waals surface area contributed by atoms with Crippen LogP contribution in [0.4, 0.5) is 0 Å². The van der Waals surface area contributed by atoms with Gasteiger partial charge in [0.15, 0.2) is 0 Å². The van der Waals surface area contributed by atoms with Crippen LogP contribution in [-0.4, -0.2) is 21.3 Å². The molecule has 0 bridgehead atoms. The Hall–Kier alpha value is -0.303. The molecule has 0 rings (SSSR count). The van der Waals surface area contributed by atoms with Gasteiger partial charge in [0.1, 0.15) is 6.10 Å². The van der Waals surface area contributed by atoms with Crippen LogP contribution in [0.1, 0.15) is 66.2 Å². The van der Waals surface area contributed by atoms with Gasteiger partial charge in [-0.2, -0.15) is 0 Å². The molecule has 0 spiro atoms. The lowest BCUT2D eigenvalue weighted by Crippen LogP contribution is -2.39. The van der Waals surface area contributed by atoms with Gasteiger partial charge < -0.3 is 8.85 Å². The second-order valence-electron chi connectivity index (χ2n) is 6.22. The number of unbranched alkanes of at least 4 members (excludes halogenated alkanes) is 3. The summed E-state index contributed by atoms with van der Waals surface area (Å²) in [7, 11) is -2.05. The van der Waals surface area contributed by atoms with Crippen molar-refractivity contribution < 1.29 is 8.85 Å². The smallest absolute Gasteiger partial charge is 0.332 e. The lowest BCUT2D eigenvalue weighted by atomic mass is 10.1. The van der Waals surface area contributed by atoms with Crippen molar-refractivity contribution in [3.05, 3.63) is 0 Å². The van der Waals surface area contributed by atoms with E-state index >= 15 is 0 Å². The number of rotatable bonds is 10. The molecule has 1 unspecified atom stereocenters. The lowest BCUT2D eigenvalue weighted by molar-refractivity contribution is 0.136. The molecule has 1 atom stereocenters. The van der Waals surface area contributed by atoms with Crippen LogP contribution in [0.3, 0.4) is 0 Å². The molecule has 2 nitrogen and oxygen atoms in total. The first-order valence-corrected chi connectivity index (χ1v) is 11.0. The molecule has 0 amide bonds. The Morgan fingerprint density at radius 2 is 1.75 bits per heavy atom. The van der Waals surface area contributed by atoms with Gasteiger partial charge >= 0.3 is 8.56 Å². The molecule has 0 saturated heterocycles. The van der Waals surface area contributed by atoms with Gasteiger partial charge in [0.05, 0.1) is 0 Å². The molecule has 0 aromatic carbocycles. The Bertz CT molecular complexity index is 289. The number of hydrogen-bond acceptors (Lipinski definition) is 2. The Labute approximate surface area is 127 Å². The normalized spacial score (nSPS) is 13.2. The van der Waals surface area contributed by atoms with Crippen LogP contribution >= 0.6 is 0 Å². The molecule has 0 aliphatic heterocycles. The Balaban J connectivity index is 4.21. The van der Waals surface area contributed by atoms with Crippen molar-refractivity contribution in [2.24, 2.45) is 5.92 Å². The maximum absolute atomic E-state index is 6.20. The molecule has 0 aliphatic carbocycles. The lowest BCUT2D eigenvalue weighted by Gasteiger charge is -2.27. The summed E-state index contributed by atoms with van der Waals surface area (Å²) >= 11 is 0. The molecule has 0 aromatic rings. The average molecular weight is 299 g/mol. The van der Waals surface area contributed by atoms with Crippen molar-refractivity contribution in [3.8, 4) is 11.8 Å². The predicted octanol–water partition coefficient (Wildman–Crippen LogP) is 5.13. The first-order chi connectivity index (χ1) is 9.41. The van der Waals surface area contributed by atoms with Crippen LogP contribution in [-0.2, 0) is 8.85 Å². The van der Waals surface area contributed by atoms with Gasteiger partial charge in [0.2, 0.25) is 0 Å². The summed E-state index contributed by atoms with van der Waals surface area (Å²) in [5, 5.41) is 0. The van der Waals surface area contributed by atoms with E-state index in [1.807, 2.05) is 0 Å². The minimum Gasteiger partial charge on any atom is -0.394 e. The summed E-state index contributed by atoms with van der Waals surface area (Å²) < 4.78 is 12.2. The monoisotopic (exact) mass is 298 g/mol. The summed E-state index contributed by atoms with van der Waals surface area (Å²) in [4.78, 5) is 0. The highest BCUT2D eigenvalue weighted by Gasteiger charge is 2.28. The summed E-state index contributed by atoms with van der Waals surface area (Å²) in [6.45, 7) is 13.8. The molecule has 20 heavy (non-hydrogen) atoms. The van der Waals surface area contributed by atoms with Crippen molar-refractivity contribution in [1.82, 2.24) is 0 Å². The predicted molar refractivity (Wildman–Crippen MR) is 90.0 cm³/mol. The zero-order valence-corrected chi connectivity index (χ0v) is 15.4. The van der Waals surface area contributed by atoms with Gasteiger partial charge in [-0.05, 0) is 31.9 Å². The molecule has 0 radical (unpaired) electrons. The fourth-order valence-corrected chi connectivity index (χ4v) is 3.55. The standard InChI is InChI=1S/C17H34O2Si/c1-7-9-11-12-14-18-20(5,6)19-17(13-10-8-2)15-16(3)4/h16-17H,7-9,11-12,14-15H2,1-6H3. The van der Waals surface area contributed by atoms with E-state index in [0.717, 1.165) is 25.9 Å². The molecule has 0 saturated carbocycles. The van der Waals surface area contributed by atoms with Crippen molar-refractivity contribution in [2.45, 2.75) is 85.4 Å². The summed E-state index contributed by atoms with van der Waals surface area (Å²) in [6.07, 6.45) is 6.87. The summed E-state index contributed by atoms with van der Waals surface area (Å²) in [5.74, 6) is 7.00. The highest BCUT2D eigenvalue weighted by Crippen LogP contribution is 2.16. The third-order valence-corrected chi connectivity index (χ3v) is 4.75. The van der Waals surface area contributed by atoms with Gasteiger partial charge in [-0.1, -0.05) is 52.9 Å². The van der Waals surface area contributed by atoms with Crippen LogP contribution < -0.4 is 0 Å². The first kappa shape index (κ1) is 19.7. The Kier molecular flexibility index (Phi) is 11.2. The van der Waals surface area contributed by atoms with Crippen LogP contribution in [0.15, 0.2) is 0 Å². The van der Waals surface area contributed by atoms with Gasteiger partial charge in [-0.15, -0.1) is 5.92 Å². The zero-order valence-electron chi connectivity index (χ0n) is 14.4. The highest BCUT2D eigenvalue weighted by atomic mass is 28.4. The molecule has 0 N–H and O–H groups in total. The largest absolute Gasteiger partial charge is 0.394 e. The van der Waals surface area contributed by atoms with E-state index in [1.54, 1.807) is 0 Å². The average Bonchev–Trinajstić information content (AvgIpc) is 2.34. The second kappa shape index (κ2) is 11.4. The zero-order chi connectivity index (χ0) is 15.4. The minimum atomic E-state index is -2.05. The van der Waals surface area contributed by atoms with Crippen LogP contribution in [0.5, 0.6) is 0 Å². The molecular weight excluding hydrogens is 264 g/mol. The SMILES string of the molecule is CCC#CC(CC(C)C)O[Si](C)(C)OCCCCCC. The molecule has 118 valence electrons. The third kappa shape index (κ3) is 11.5. The van der Waals surface area contributed by atoms with E-state index in [1.165, 1.54) is 19.3 Å². The fourth-order valence-electron chi connectivity index (χ4n) is 2.00. The van der Waals surface area contributed by atoms with Crippen LogP contribution in [0.25, 0.3) is 0 Å². The van der Waals surface area contributed by atoms with Crippen molar-refractivity contribution in [2.75, 3.05) is 6.61 Å². The molecule has 3 heteroatoms. The summed E-state index contributed by atoms with van der Waals surface area (Å²) in [6, 6.07) is 0. The van der Waals surface area contributed by atoms with Crippen LogP contribution in [0.2, 0.25) is 13.1 Å². The second-order valence-corrected chi connectivity index (χ2v) is 9.54. The van der Waals surface area contributed by atoms with Gasteiger partial charge in [-0.25, -0.2) is 0 Å². The molecular formula is C17H34O2Si. The van der Waals surface area contributed by atoms with E-state index in [0.29, 0.717) is 5.92 Å². The van der Waals surface area contributed by atoms with E-state index < -0.39 is 8.56 Å². The van der Waals surface area contributed by atoms with E-state index in [-0.39, 0.29) is 6.10 Å². The Morgan fingerprint density at radius 3 is 2.30 bits per heavy atom. The van der Waals surface area contributed by atoms with Gasteiger partial charge in [0, 0.05) is 13.0 Å². The molecule has 0 aliphatic rings. The quantitative estimate of drug-likeness (QED) is 0.316. The van der Waals surface area contributed by atoms with E-state index in [2.05, 4.69) is 52.6 Å². The Morgan fingerprint density at radius 1 is 1.05 bits per heavy atom.